The Hall–Kier alpha value is -1.00. The number of thioether (sulfide) groups is 1. The van der Waals surface area contributed by atoms with Crippen LogP contribution in [0.3, 0.4) is 0 Å². The molecule has 0 amide bonds. The van der Waals surface area contributed by atoms with Gasteiger partial charge in [0.05, 0.1) is 0 Å². The molecule has 1 aromatic rings. The summed E-state index contributed by atoms with van der Waals surface area (Å²) in [5.74, 6) is 0.176. The lowest BCUT2D eigenvalue weighted by molar-refractivity contribution is -0.144. The van der Waals surface area contributed by atoms with E-state index < -0.39 is 11.5 Å². The van der Waals surface area contributed by atoms with Crippen LogP contribution >= 0.6 is 11.8 Å². The van der Waals surface area contributed by atoms with Crippen molar-refractivity contribution in [1.82, 2.24) is 5.32 Å². The Bertz CT molecular complexity index is 462. The lowest BCUT2D eigenvalue weighted by Crippen LogP contribution is -2.49. The predicted molar refractivity (Wildman–Crippen MR) is 85.6 cm³/mol. The van der Waals surface area contributed by atoms with Crippen molar-refractivity contribution in [2.24, 2.45) is 0 Å². The third-order valence-electron chi connectivity index (χ3n) is 3.46. The summed E-state index contributed by atoms with van der Waals surface area (Å²) in [6.45, 7) is 8.58. The van der Waals surface area contributed by atoms with E-state index in [0.717, 1.165) is 12.2 Å². The normalized spacial score (nSPS) is 14.0. The van der Waals surface area contributed by atoms with E-state index >= 15 is 0 Å². The molecule has 1 aromatic carbocycles. The lowest BCUT2D eigenvalue weighted by Gasteiger charge is -2.25. The minimum atomic E-state index is -0.809. The highest BCUT2D eigenvalue weighted by molar-refractivity contribution is 7.99. The number of nitrogens with one attached hydrogen (secondary N) is 1. The van der Waals surface area contributed by atoms with E-state index in [1.165, 1.54) is 16.0 Å². The average molecular weight is 295 g/mol. The summed E-state index contributed by atoms with van der Waals surface area (Å²) in [4.78, 5) is 12.6. The number of aliphatic carboxylic acids is 1. The fourth-order valence-corrected chi connectivity index (χ4v) is 3.21. The van der Waals surface area contributed by atoms with Gasteiger partial charge in [-0.05, 0) is 57.5 Å². The van der Waals surface area contributed by atoms with Gasteiger partial charge >= 0.3 is 5.97 Å². The maximum Gasteiger partial charge on any atom is 0.323 e. The van der Waals surface area contributed by atoms with Crippen LogP contribution in [0.25, 0.3) is 0 Å². The number of likely N-dealkylation sites (N-methyl/N-ethyl adjacent to an activating group) is 1. The van der Waals surface area contributed by atoms with Crippen LogP contribution in [-0.2, 0) is 4.79 Å². The molecule has 1 unspecified atom stereocenters. The maximum absolute atomic E-state index is 11.3. The quantitative estimate of drug-likeness (QED) is 0.568. The molecule has 0 radical (unpaired) electrons. The van der Waals surface area contributed by atoms with Gasteiger partial charge in [-0.3, -0.25) is 4.79 Å². The molecule has 3 nitrogen and oxygen atoms in total. The second-order valence-electron chi connectivity index (χ2n) is 5.39. The first-order valence-electron chi connectivity index (χ1n) is 7.07. The van der Waals surface area contributed by atoms with E-state index in [1.807, 2.05) is 18.7 Å². The molecule has 1 atom stereocenters. The topological polar surface area (TPSA) is 49.3 Å². The molecule has 0 aliphatic heterocycles. The smallest absolute Gasteiger partial charge is 0.323 e. The SMILES string of the molecule is CCNC(C)(CCCSc1cc(C)ccc1C)C(=O)O. The number of carbonyl (C=O) groups is 1. The van der Waals surface area contributed by atoms with Crippen molar-refractivity contribution in [2.75, 3.05) is 12.3 Å². The van der Waals surface area contributed by atoms with E-state index in [4.69, 9.17) is 0 Å². The molecule has 2 N–H and O–H groups in total. The molecule has 1 rings (SSSR count). The maximum atomic E-state index is 11.3. The molecule has 4 heteroatoms. The average Bonchev–Trinajstić information content (AvgIpc) is 2.38. The highest BCUT2D eigenvalue weighted by atomic mass is 32.2. The second kappa shape index (κ2) is 7.70. The van der Waals surface area contributed by atoms with Crippen molar-refractivity contribution in [3.63, 3.8) is 0 Å². The molecule has 0 saturated carbocycles. The van der Waals surface area contributed by atoms with Gasteiger partial charge in [-0.15, -0.1) is 11.8 Å². The Morgan fingerprint density at radius 2 is 2.10 bits per heavy atom. The van der Waals surface area contributed by atoms with Crippen LogP contribution < -0.4 is 5.32 Å². The number of rotatable bonds is 8. The fraction of sp³-hybridized carbons (Fsp3) is 0.562. The van der Waals surface area contributed by atoms with Crippen LogP contribution in [0.5, 0.6) is 0 Å². The third-order valence-corrected chi connectivity index (χ3v) is 4.70. The zero-order valence-electron chi connectivity index (χ0n) is 12.8. The summed E-state index contributed by atoms with van der Waals surface area (Å²) < 4.78 is 0. The van der Waals surface area contributed by atoms with Crippen LogP contribution in [0.15, 0.2) is 23.1 Å². The first-order valence-corrected chi connectivity index (χ1v) is 8.06. The number of hydrogen-bond donors (Lipinski definition) is 2. The van der Waals surface area contributed by atoms with Crippen molar-refractivity contribution in [3.05, 3.63) is 29.3 Å². The summed E-state index contributed by atoms with van der Waals surface area (Å²) in [6, 6.07) is 6.45. The van der Waals surface area contributed by atoms with Crippen LogP contribution in [0.2, 0.25) is 0 Å². The number of carboxylic acids is 1. The predicted octanol–water partition coefficient (Wildman–Crippen LogP) is 3.63. The number of carboxylic acid groups (broad SMARTS) is 1. The van der Waals surface area contributed by atoms with Gasteiger partial charge in [0, 0.05) is 4.90 Å². The van der Waals surface area contributed by atoms with E-state index in [-0.39, 0.29) is 0 Å². The van der Waals surface area contributed by atoms with Crippen molar-refractivity contribution in [2.45, 2.75) is 51.0 Å². The van der Waals surface area contributed by atoms with Crippen molar-refractivity contribution >= 4 is 17.7 Å². The molecule has 0 fully saturated rings. The van der Waals surface area contributed by atoms with E-state index in [0.29, 0.717) is 13.0 Å². The van der Waals surface area contributed by atoms with E-state index in [9.17, 15) is 9.90 Å². The summed E-state index contributed by atoms with van der Waals surface area (Å²) in [6.07, 6.45) is 1.53. The van der Waals surface area contributed by atoms with Gasteiger partial charge in [0.1, 0.15) is 5.54 Å². The fourth-order valence-electron chi connectivity index (χ4n) is 2.13. The highest BCUT2D eigenvalue weighted by Gasteiger charge is 2.31. The van der Waals surface area contributed by atoms with Gasteiger partial charge in [0.2, 0.25) is 0 Å². The molecule has 0 aliphatic carbocycles. The minimum Gasteiger partial charge on any atom is -0.480 e. The molecule has 112 valence electrons. The Morgan fingerprint density at radius 1 is 1.40 bits per heavy atom. The van der Waals surface area contributed by atoms with Crippen LogP contribution in [-0.4, -0.2) is 28.9 Å². The molecule has 0 spiro atoms. The van der Waals surface area contributed by atoms with Gasteiger partial charge in [-0.2, -0.15) is 0 Å². The Kier molecular flexibility index (Phi) is 6.56. The number of benzene rings is 1. The molecule has 0 saturated heterocycles. The first-order chi connectivity index (χ1) is 9.39. The molecule has 20 heavy (non-hydrogen) atoms. The summed E-state index contributed by atoms with van der Waals surface area (Å²) in [7, 11) is 0. The minimum absolute atomic E-state index is 0.647. The van der Waals surface area contributed by atoms with Crippen molar-refractivity contribution in [3.8, 4) is 0 Å². The summed E-state index contributed by atoms with van der Waals surface area (Å²) in [5, 5.41) is 12.4. The largest absolute Gasteiger partial charge is 0.480 e. The zero-order valence-corrected chi connectivity index (χ0v) is 13.6. The molecule has 0 aromatic heterocycles. The van der Waals surface area contributed by atoms with Gasteiger partial charge < -0.3 is 10.4 Å². The van der Waals surface area contributed by atoms with Gasteiger partial charge in [-0.25, -0.2) is 0 Å². The summed E-state index contributed by atoms with van der Waals surface area (Å²) >= 11 is 1.81. The van der Waals surface area contributed by atoms with E-state index in [2.05, 4.69) is 37.4 Å². The van der Waals surface area contributed by atoms with Gasteiger partial charge in [0.25, 0.3) is 0 Å². The highest BCUT2D eigenvalue weighted by Crippen LogP contribution is 2.25. The van der Waals surface area contributed by atoms with Crippen molar-refractivity contribution < 1.29 is 9.90 Å². The molecule has 0 bridgehead atoms. The Morgan fingerprint density at radius 3 is 2.70 bits per heavy atom. The Balaban J connectivity index is 2.48. The van der Waals surface area contributed by atoms with Crippen LogP contribution in [0.4, 0.5) is 0 Å². The molecule has 0 heterocycles. The van der Waals surface area contributed by atoms with Gasteiger partial charge in [0.15, 0.2) is 0 Å². The number of aryl methyl sites for hydroxylation is 2. The third kappa shape index (κ3) is 4.84. The summed E-state index contributed by atoms with van der Waals surface area (Å²) in [5.41, 5.74) is 1.74. The lowest BCUT2D eigenvalue weighted by atomic mass is 9.96. The second-order valence-corrected chi connectivity index (χ2v) is 6.53. The van der Waals surface area contributed by atoms with E-state index in [1.54, 1.807) is 6.92 Å². The molecular weight excluding hydrogens is 270 g/mol. The first kappa shape index (κ1) is 17.1. The standard InChI is InChI=1S/C16H25NO2S/c1-5-17-16(4,15(18)19)9-6-10-20-14-11-12(2)7-8-13(14)3/h7-8,11,17H,5-6,9-10H2,1-4H3,(H,18,19). The molecular formula is C16H25NO2S. The Labute approximate surface area is 126 Å². The number of hydrogen-bond acceptors (Lipinski definition) is 3. The van der Waals surface area contributed by atoms with Gasteiger partial charge in [-0.1, -0.05) is 24.6 Å². The van der Waals surface area contributed by atoms with Crippen molar-refractivity contribution in [1.29, 1.82) is 0 Å². The van der Waals surface area contributed by atoms with Crippen LogP contribution in [0.1, 0.15) is 37.8 Å². The molecule has 0 aliphatic rings. The zero-order chi connectivity index (χ0) is 15.2. The van der Waals surface area contributed by atoms with Crippen LogP contribution in [0, 0.1) is 13.8 Å². The monoisotopic (exact) mass is 295 g/mol.